The van der Waals surface area contributed by atoms with Gasteiger partial charge in [-0.3, -0.25) is 4.79 Å². The summed E-state index contributed by atoms with van der Waals surface area (Å²) in [5.41, 5.74) is 11.1. The average Bonchev–Trinajstić information content (AvgIpc) is 3.46. The smallest absolute Gasteiger partial charge is 0.255 e. The molecule has 4 nitrogen and oxygen atoms in total. The molecule has 0 unspecified atom stereocenters. The van der Waals surface area contributed by atoms with Gasteiger partial charge in [0, 0.05) is 21.9 Å². The standard InChI is InChI=1S/C28H27N3OS/c29-23-11-5-6-12-24(23)30-26(32)21-13-15-22(16-14-21)28(17-7-8-18-28)27-31-25(19-33-27)20-9-3-1-2-4-10-20/h1,3-6,9-16,19H,2,7-8,17-18,29H2,(H,30,32). The Morgan fingerprint density at radius 1 is 1.03 bits per heavy atom. The molecule has 0 atom stereocenters. The quantitative estimate of drug-likeness (QED) is 0.421. The highest BCUT2D eigenvalue weighted by molar-refractivity contribution is 7.10. The molecule has 0 radical (unpaired) electrons. The fourth-order valence-corrected chi connectivity index (χ4v) is 5.84. The molecule has 0 bridgehead atoms. The van der Waals surface area contributed by atoms with Crippen LogP contribution in [0.1, 0.15) is 58.7 Å². The number of nitrogens with two attached hydrogens (primary N) is 1. The van der Waals surface area contributed by atoms with Crippen LogP contribution in [0.15, 0.2) is 84.3 Å². The summed E-state index contributed by atoms with van der Waals surface area (Å²) in [4.78, 5) is 17.9. The summed E-state index contributed by atoms with van der Waals surface area (Å²) in [6.07, 6.45) is 16.2. The van der Waals surface area contributed by atoms with Crippen LogP contribution < -0.4 is 11.1 Å². The third-order valence-electron chi connectivity index (χ3n) is 6.56. The largest absolute Gasteiger partial charge is 0.397 e. The molecule has 2 aromatic carbocycles. The maximum atomic E-state index is 12.8. The zero-order valence-corrected chi connectivity index (χ0v) is 19.3. The zero-order valence-electron chi connectivity index (χ0n) is 18.5. The lowest BCUT2D eigenvalue weighted by Gasteiger charge is -2.27. The SMILES string of the molecule is Nc1ccccc1NC(=O)c1ccc(C2(c3nc(C4=CC=CCC=C4)cs3)CCCC2)cc1. The summed E-state index contributed by atoms with van der Waals surface area (Å²) in [6.45, 7) is 0. The Kier molecular flexibility index (Phi) is 5.97. The minimum atomic E-state index is -0.156. The van der Waals surface area contributed by atoms with Crippen molar-refractivity contribution in [1.29, 1.82) is 0 Å². The van der Waals surface area contributed by atoms with Crippen LogP contribution in [0.3, 0.4) is 0 Å². The van der Waals surface area contributed by atoms with Crippen LogP contribution in [0.4, 0.5) is 11.4 Å². The molecule has 1 heterocycles. The fraction of sp³-hybridized carbons (Fsp3) is 0.214. The summed E-state index contributed by atoms with van der Waals surface area (Å²) in [5.74, 6) is -0.156. The Labute approximate surface area is 198 Å². The average molecular weight is 454 g/mol. The highest BCUT2D eigenvalue weighted by Gasteiger charge is 2.40. The number of amides is 1. The minimum Gasteiger partial charge on any atom is -0.397 e. The van der Waals surface area contributed by atoms with E-state index in [1.165, 1.54) is 23.4 Å². The van der Waals surface area contributed by atoms with Gasteiger partial charge in [-0.25, -0.2) is 4.98 Å². The minimum absolute atomic E-state index is 0.0768. The molecule has 5 rings (SSSR count). The third-order valence-corrected chi connectivity index (χ3v) is 7.60. The lowest BCUT2D eigenvalue weighted by molar-refractivity contribution is 0.102. The molecule has 33 heavy (non-hydrogen) atoms. The van der Waals surface area contributed by atoms with Gasteiger partial charge in [0.2, 0.25) is 0 Å². The first kappa shape index (κ1) is 21.4. The van der Waals surface area contributed by atoms with Crippen LogP contribution in [-0.2, 0) is 5.41 Å². The summed E-state index contributed by atoms with van der Waals surface area (Å²) in [6, 6.07) is 15.3. The van der Waals surface area contributed by atoms with Crippen molar-refractivity contribution in [1.82, 2.24) is 4.98 Å². The number of para-hydroxylation sites is 2. The maximum Gasteiger partial charge on any atom is 0.255 e. The van der Waals surface area contributed by atoms with Crippen molar-refractivity contribution >= 4 is 34.2 Å². The van der Waals surface area contributed by atoms with Crippen LogP contribution in [0.2, 0.25) is 0 Å². The second-order valence-corrected chi connectivity index (χ2v) is 9.49. The number of carbonyl (C=O) groups excluding carboxylic acids is 1. The van der Waals surface area contributed by atoms with Crippen molar-refractivity contribution in [3.05, 3.63) is 106 Å². The number of nitrogens with zero attached hydrogens (tertiary/aromatic N) is 1. The molecular weight excluding hydrogens is 426 g/mol. The van der Waals surface area contributed by atoms with Gasteiger partial charge < -0.3 is 11.1 Å². The topological polar surface area (TPSA) is 68.0 Å². The maximum absolute atomic E-state index is 12.8. The van der Waals surface area contributed by atoms with Crippen molar-refractivity contribution in [3.63, 3.8) is 0 Å². The van der Waals surface area contributed by atoms with Crippen LogP contribution in [0.25, 0.3) is 5.57 Å². The Morgan fingerprint density at radius 3 is 2.61 bits per heavy atom. The number of carbonyl (C=O) groups is 1. The van der Waals surface area contributed by atoms with Crippen molar-refractivity contribution in [2.45, 2.75) is 37.5 Å². The lowest BCUT2D eigenvalue weighted by Crippen LogP contribution is -2.24. The van der Waals surface area contributed by atoms with Gasteiger partial charge in [0.05, 0.1) is 17.1 Å². The molecule has 0 saturated heterocycles. The number of nitrogens with one attached hydrogen (secondary N) is 1. The van der Waals surface area contributed by atoms with E-state index in [-0.39, 0.29) is 11.3 Å². The van der Waals surface area contributed by atoms with Gasteiger partial charge in [-0.2, -0.15) is 0 Å². The Bertz CT molecular complexity index is 1240. The van der Waals surface area contributed by atoms with Gasteiger partial charge in [0.25, 0.3) is 5.91 Å². The number of hydrogen-bond acceptors (Lipinski definition) is 4. The summed E-state index contributed by atoms with van der Waals surface area (Å²) >= 11 is 1.75. The number of aromatic nitrogens is 1. The molecule has 3 N–H and O–H groups in total. The Hall–Kier alpha value is -3.44. The van der Waals surface area contributed by atoms with E-state index >= 15 is 0 Å². The number of thiazole rings is 1. The monoisotopic (exact) mass is 453 g/mol. The molecule has 2 aliphatic carbocycles. The number of hydrogen-bond donors (Lipinski definition) is 2. The summed E-state index contributed by atoms with van der Waals surface area (Å²) in [5, 5.41) is 6.26. The zero-order chi connectivity index (χ0) is 22.7. The molecule has 1 amide bonds. The second-order valence-electron chi connectivity index (χ2n) is 8.63. The van der Waals surface area contributed by atoms with Gasteiger partial charge >= 0.3 is 0 Å². The molecule has 1 saturated carbocycles. The van der Waals surface area contributed by atoms with Crippen LogP contribution in [-0.4, -0.2) is 10.9 Å². The number of rotatable bonds is 5. The van der Waals surface area contributed by atoms with Crippen LogP contribution in [0, 0.1) is 0 Å². The summed E-state index contributed by atoms with van der Waals surface area (Å²) in [7, 11) is 0. The lowest BCUT2D eigenvalue weighted by atomic mass is 9.79. The van der Waals surface area contributed by atoms with E-state index in [9.17, 15) is 4.79 Å². The number of benzene rings is 2. The van der Waals surface area contributed by atoms with E-state index in [0.29, 0.717) is 16.9 Å². The van der Waals surface area contributed by atoms with E-state index in [2.05, 4.69) is 53.2 Å². The highest BCUT2D eigenvalue weighted by atomic mass is 32.1. The molecule has 1 fully saturated rings. The molecular formula is C28H27N3OS. The van der Waals surface area contributed by atoms with Crippen LogP contribution >= 0.6 is 11.3 Å². The van der Waals surface area contributed by atoms with Crippen LogP contribution in [0.5, 0.6) is 0 Å². The van der Waals surface area contributed by atoms with Gasteiger partial charge in [0.15, 0.2) is 0 Å². The molecule has 0 spiro atoms. The van der Waals surface area contributed by atoms with E-state index in [4.69, 9.17) is 10.7 Å². The molecule has 5 heteroatoms. The second kappa shape index (κ2) is 9.20. The number of allylic oxidation sites excluding steroid dienone is 6. The molecule has 0 aliphatic heterocycles. The van der Waals surface area contributed by atoms with Gasteiger partial charge in [-0.1, -0.05) is 67.5 Å². The van der Waals surface area contributed by atoms with Gasteiger partial charge in [0.1, 0.15) is 5.01 Å². The molecule has 2 aliphatic rings. The predicted molar refractivity (Wildman–Crippen MR) is 137 cm³/mol. The fourth-order valence-electron chi connectivity index (χ4n) is 4.73. The Morgan fingerprint density at radius 2 is 1.82 bits per heavy atom. The summed E-state index contributed by atoms with van der Waals surface area (Å²) < 4.78 is 0. The van der Waals surface area contributed by atoms with E-state index < -0.39 is 0 Å². The predicted octanol–water partition coefficient (Wildman–Crippen LogP) is 6.74. The van der Waals surface area contributed by atoms with Gasteiger partial charge in [-0.05, 0) is 49.1 Å². The number of anilines is 2. The first-order valence-electron chi connectivity index (χ1n) is 11.4. The molecule has 1 aromatic heterocycles. The van der Waals surface area contributed by atoms with Gasteiger partial charge in [-0.15, -0.1) is 11.3 Å². The molecule has 3 aromatic rings. The van der Waals surface area contributed by atoms with Crippen molar-refractivity contribution in [2.24, 2.45) is 0 Å². The van der Waals surface area contributed by atoms with Crippen molar-refractivity contribution < 1.29 is 4.79 Å². The number of nitrogen functional groups attached to an aromatic ring is 1. The normalized spacial score (nSPS) is 16.9. The van der Waals surface area contributed by atoms with E-state index in [0.717, 1.165) is 30.5 Å². The van der Waals surface area contributed by atoms with Crippen molar-refractivity contribution in [2.75, 3.05) is 11.1 Å². The van der Waals surface area contributed by atoms with E-state index in [1.54, 1.807) is 17.4 Å². The third kappa shape index (κ3) is 4.29. The first-order chi connectivity index (χ1) is 16.2. The van der Waals surface area contributed by atoms with E-state index in [1.807, 2.05) is 30.3 Å². The molecule has 166 valence electrons. The highest BCUT2D eigenvalue weighted by Crippen LogP contribution is 2.47. The van der Waals surface area contributed by atoms with Crippen molar-refractivity contribution in [3.8, 4) is 0 Å². The Balaban J connectivity index is 1.41. The first-order valence-corrected chi connectivity index (χ1v) is 12.3.